The predicted molar refractivity (Wildman–Crippen MR) is 79.3 cm³/mol. The molecule has 104 valence electrons. The Morgan fingerprint density at radius 2 is 2.11 bits per heavy atom. The van der Waals surface area contributed by atoms with Gasteiger partial charge in [-0.3, -0.25) is 0 Å². The maximum absolute atomic E-state index is 5.85. The molecule has 0 radical (unpaired) electrons. The van der Waals surface area contributed by atoms with E-state index < -0.39 is 0 Å². The monoisotopic (exact) mass is 261 g/mol. The molecule has 0 unspecified atom stereocenters. The fraction of sp³-hybridized carbons (Fsp3) is 0.533. The number of hydrogen-bond acceptors (Lipinski definition) is 3. The highest BCUT2D eigenvalue weighted by molar-refractivity contribution is 5.80. The van der Waals surface area contributed by atoms with Crippen molar-refractivity contribution in [3.63, 3.8) is 0 Å². The maximum Gasteiger partial charge on any atom is 0.110 e. The molecule has 0 amide bonds. The Balaban J connectivity index is 2.64. The normalized spacial score (nSPS) is 12.2. The number of aryl methyl sites for hydroxylation is 1. The lowest BCUT2D eigenvalue weighted by Gasteiger charge is -2.28. The van der Waals surface area contributed by atoms with E-state index in [2.05, 4.69) is 25.3 Å². The van der Waals surface area contributed by atoms with Crippen molar-refractivity contribution in [2.45, 2.75) is 39.2 Å². The molecular weight excluding hydrogens is 238 g/mol. The number of nitrogens with zero attached hydrogens (tertiary/aromatic N) is 2. The van der Waals surface area contributed by atoms with E-state index in [1.807, 2.05) is 18.2 Å². The molecule has 0 aliphatic heterocycles. The van der Waals surface area contributed by atoms with Gasteiger partial charge in [-0.1, -0.05) is 6.92 Å². The molecule has 0 bridgehead atoms. The number of nitrogen functional groups attached to an aromatic ring is 1. The highest BCUT2D eigenvalue weighted by atomic mass is 16.5. The van der Waals surface area contributed by atoms with Gasteiger partial charge in [0.25, 0.3) is 0 Å². The Hall–Kier alpha value is -1.55. The van der Waals surface area contributed by atoms with E-state index in [-0.39, 0.29) is 5.54 Å². The van der Waals surface area contributed by atoms with E-state index in [4.69, 9.17) is 15.5 Å². The fourth-order valence-corrected chi connectivity index (χ4v) is 2.63. The van der Waals surface area contributed by atoms with Crippen LogP contribution in [0.4, 0.5) is 5.69 Å². The first-order valence-corrected chi connectivity index (χ1v) is 6.76. The second-order valence-corrected chi connectivity index (χ2v) is 5.61. The van der Waals surface area contributed by atoms with Crippen LogP contribution in [0.5, 0.6) is 0 Å². The number of anilines is 1. The van der Waals surface area contributed by atoms with Gasteiger partial charge in [-0.25, -0.2) is 4.98 Å². The van der Waals surface area contributed by atoms with Crippen LogP contribution in [0.15, 0.2) is 18.2 Å². The van der Waals surface area contributed by atoms with Crippen molar-refractivity contribution in [2.24, 2.45) is 0 Å². The average Bonchev–Trinajstić information content (AvgIpc) is 2.67. The van der Waals surface area contributed by atoms with Crippen molar-refractivity contribution in [3.05, 3.63) is 24.0 Å². The van der Waals surface area contributed by atoms with Gasteiger partial charge in [0.2, 0.25) is 0 Å². The zero-order chi connectivity index (χ0) is 14.0. The Kier molecular flexibility index (Phi) is 3.80. The quantitative estimate of drug-likeness (QED) is 0.842. The third-order valence-electron chi connectivity index (χ3n) is 3.32. The second kappa shape index (κ2) is 5.21. The minimum atomic E-state index is -0.121. The predicted octanol–water partition coefficient (Wildman–Crippen LogP) is 2.95. The zero-order valence-electron chi connectivity index (χ0n) is 12.2. The number of hydrogen-bond donors (Lipinski definition) is 1. The number of aromatic nitrogens is 2. The molecule has 0 saturated heterocycles. The number of rotatable bonds is 5. The molecule has 4 heteroatoms. The van der Waals surface area contributed by atoms with Gasteiger partial charge in [-0.2, -0.15) is 0 Å². The van der Waals surface area contributed by atoms with Gasteiger partial charge in [-0.05, 0) is 38.5 Å². The van der Waals surface area contributed by atoms with E-state index in [9.17, 15) is 0 Å². The maximum atomic E-state index is 5.85. The Labute approximate surface area is 114 Å². The number of ether oxygens (including phenoxy) is 1. The molecule has 0 atom stereocenters. The molecule has 1 aromatic heterocycles. The van der Waals surface area contributed by atoms with Gasteiger partial charge in [0, 0.05) is 19.2 Å². The van der Waals surface area contributed by atoms with E-state index >= 15 is 0 Å². The minimum Gasteiger partial charge on any atom is -0.399 e. The van der Waals surface area contributed by atoms with E-state index in [0.29, 0.717) is 6.61 Å². The first kappa shape index (κ1) is 13.9. The third-order valence-corrected chi connectivity index (χ3v) is 3.32. The summed E-state index contributed by atoms with van der Waals surface area (Å²) >= 11 is 0. The van der Waals surface area contributed by atoms with Gasteiger partial charge >= 0.3 is 0 Å². The molecule has 4 nitrogen and oxygen atoms in total. The Morgan fingerprint density at radius 1 is 1.37 bits per heavy atom. The molecule has 0 aliphatic rings. The number of methoxy groups -OCH3 is 1. The average molecular weight is 261 g/mol. The fourth-order valence-electron chi connectivity index (χ4n) is 2.63. The lowest BCUT2D eigenvalue weighted by atomic mass is 10.1. The van der Waals surface area contributed by atoms with Crippen LogP contribution in [-0.4, -0.2) is 23.3 Å². The lowest BCUT2D eigenvalue weighted by Crippen LogP contribution is -2.32. The molecule has 2 N–H and O–H groups in total. The molecule has 2 rings (SSSR count). The van der Waals surface area contributed by atoms with Gasteiger partial charge in [0.1, 0.15) is 5.82 Å². The summed E-state index contributed by atoms with van der Waals surface area (Å²) in [5.74, 6) is 1.10. The second-order valence-electron chi connectivity index (χ2n) is 5.61. The summed E-state index contributed by atoms with van der Waals surface area (Å²) in [4.78, 5) is 4.74. The summed E-state index contributed by atoms with van der Waals surface area (Å²) in [5.41, 5.74) is 8.57. The van der Waals surface area contributed by atoms with Gasteiger partial charge in [0.15, 0.2) is 0 Å². The van der Waals surface area contributed by atoms with Crippen molar-refractivity contribution in [3.8, 4) is 0 Å². The zero-order valence-corrected chi connectivity index (χ0v) is 12.2. The molecule has 0 spiro atoms. The summed E-state index contributed by atoms with van der Waals surface area (Å²) < 4.78 is 7.65. The van der Waals surface area contributed by atoms with Gasteiger partial charge < -0.3 is 15.0 Å². The SMILES string of the molecule is CCCc1nc2cc(N)ccc2n1C(C)(C)COC. The minimum absolute atomic E-state index is 0.121. The van der Waals surface area contributed by atoms with Crippen LogP contribution >= 0.6 is 0 Å². The Bertz CT molecular complexity index is 572. The highest BCUT2D eigenvalue weighted by Crippen LogP contribution is 2.27. The van der Waals surface area contributed by atoms with Crippen LogP contribution in [0.25, 0.3) is 11.0 Å². The Morgan fingerprint density at radius 3 is 2.74 bits per heavy atom. The smallest absolute Gasteiger partial charge is 0.110 e. The summed E-state index contributed by atoms with van der Waals surface area (Å²) in [5, 5.41) is 0. The first-order chi connectivity index (χ1) is 8.99. The van der Waals surface area contributed by atoms with E-state index in [1.165, 1.54) is 0 Å². The molecule has 0 aliphatic carbocycles. The van der Waals surface area contributed by atoms with Crippen molar-refractivity contribution in [2.75, 3.05) is 19.5 Å². The van der Waals surface area contributed by atoms with Crippen LogP contribution in [0, 0.1) is 0 Å². The molecule has 1 aromatic carbocycles. The largest absolute Gasteiger partial charge is 0.399 e. The topological polar surface area (TPSA) is 53.1 Å². The standard InChI is InChI=1S/C15H23N3O/c1-5-6-14-17-12-9-11(16)7-8-13(12)18(14)15(2,3)10-19-4/h7-9H,5-6,10,16H2,1-4H3. The molecule has 1 heterocycles. The molecule has 19 heavy (non-hydrogen) atoms. The highest BCUT2D eigenvalue weighted by Gasteiger charge is 2.25. The number of imidazole rings is 1. The molecular formula is C15H23N3O. The van der Waals surface area contributed by atoms with Crippen molar-refractivity contribution < 1.29 is 4.74 Å². The summed E-state index contributed by atoms with van der Waals surface area (Å²) in [6.45, 7) is 7.17. The van der Waals surface area contributed by atoms with E-state index in [1.54, 1.807) is 7.11 Å². The van der Waals surface area contributed by atoms with Crippen LogP contribution in [0.2, 0.25) is 0 Å². The van der Waals surface area contributed by atoms with E-state index in [0.717, 1.165) is 35.4 Å². The number of fused-ring (bicyclic) bond motifs is 1. The summed E-state index contributed by atoms with van der Waals surface area (Å²) in [7, 11) is 1.73. The van der Waals surface area contributed by atoms with Crippen molar-refractivity contribution in [1.29, 1.82) is 0 Å². The first-order valence-electron chi connectivity index (χ1n) is 6.76. The molecule has 0 saturated carbocycles. The molecule has 0 fully saturated rings. The number of nitrogens with two attached hydrogens (primary N) is 1. The van der Waals surface area contributed by atoms with Gasteiger partial charge in [0.05, 0.1) is 23.2 Å². The van der Waals surface area contributed by atoms with Crippen molar-refractivity contribution in [1.82, 2.24) is 9.55 Å². The van der Waals surface area contributed by atoms with Crippen molar-refractivity contribution >= 4 is 16.7 Å². The molecule has 2 aromatic rings. The van der Waals surface area contributed by atoms with Gasteiger partial charge in [-0.15, -0.1) is 0 Å². The summed E-state index contributed by atoms with van der Waals surface area (Å²) in [6, 6.07) is 5.92. The number of benzene rings is 1. The lowest BCUT2D eigenvalue weighted by molar-refractivity contribution is 0.110. The van der Waals surface area contributed by atoms with Crippen LogP contribution in [0.3, 0.4) is 0 Å². The van der Waals surface area contributed by atoms with Crippen LogP contribution in [0.1, 0.15) is 33.0 Å². The van der Waals surface area contributed by atoms with Crippen LogP contribution in [-0.2, 0) is 16.7 Å². The summed E-state index contributed by atoms with van der Waals surface area (Å²) in [6.07, 6.45) is 2.03. The van der Waals surface area contributed by atoms with Crippen LogP contribution < -0.4 is 5.73 Å². The third kappa shape index (κ3) is 2.59.